The molecule has 0 bridgehead atoms. The summed E-state index contributed by atoms with van der Waals surface area (Å²) in [4.78, 5) is 0. The number of rotatable bonds is 7. The van der Waals surface area contributed by atoms with Gasteiger partial charge >= 0.3 is 0 Å². The number of hydrogen-bond acceptors (Lipinski definition) is 4. The molecule has 0 fully saturated rings. The lowest BCUT2D eigenvalue weighted by Gasteiger charge is -2.15. The number of aliphatic hydroxyl groups is 1. The van der Waals surface area contributed by atoms with Gasteiger partial charge in [-0.15, -0.1) is 0 Å². The van der Waals surface area contributed by atoms with E-state index < -0.39 is 6.10 Å². The minimum Gasteiger partial charge on any atom is -0.497 e. The van der Waals surface area contributed by atoms with Gasteiger partial charge in [0.05, 0.1) is 13.4 Å². The second-order valence-electron chi connectivity index (χ2n) is 6.04. The molecule has 24 heavy (non-hydrogen) atoms. The Labute approximate surface area is 142 Å². The fourth-order valence-corrected chi connectivity index (χ4v) is 2.85. The lowest BCUT2D eigenvalue weighted by Crippen LogP contribution is -2.25. The molecule has 2 unspecified atom stereocenters. The molecule has 3 rings (SSSR count). The molecule has 0 saturated carbocycles. The lowest BCUT2D eigenvalue weighted by molar-refractivity contribution is 0.149. The summed E-state index contributed by atoms with van der Waals surface area (Å²) in [5, 5.41) is 15.7. The van der Waals surface area contributed by atoms with Crippen LogP contribution in [-0.2, 0) is 0 Å². The molecule has 0 aliphatic heterocycles. The fourth-order valence-electron chi connectivity index (χ4n) is 2.85. The second-order valence-corrected chi connectivity index (χ2v) is 6.04. The molecule has 126 valence electrons. The van der Waals surface area contributed by atoms with E-state index in [1.165, 1.54) is 5.56 Å². The third-order valence-corrected chi connectivity index (χ3v) is 4.31. The van der Waals surface area contributed by atoms with Crippen LogP contribution in [0.3, 0.4) is 0 Å². The first-order valence-corrected chi connectivity index (χ1v) is 8.18. The van der Waals surface area contributed by atoms with Crippen molar-refractivity contribution in [2.45, 2.75) is 18.9 Å². The number of aliphatic hydroxyl groups excluding tert-OH is 1. The maximum absolute atomic E-state index is 10.4. The average molecular weight is 325 g/mol. The predicted molar refractivity (Wildman–Crippen MR) is 95.5 cm³/mol. The molecule has 4 heteroatoms. The summed E-state index contributed by atoms with van der Waals surface area (Å²) in [5.74, 6) is 1.82. The molecule has 3 aromatic rings. The van der Waals surface area contributed by atoms with E-state index in [9.17, 15) is 5.11 Å². The lowest BCUT2D eigenvalue weighted by atomic mass is 10.0. The van der Waals surface area contributed by atoms with Gasteiger partial charge in [0, 0.05) is 23.9 Å². The van der Waals surface area contributed by atoms with Gasteiger partial charge in [-0.25, -0.2) is 0 Å². The maximum atomic E-state index is 10.4. The van der Waals surface area contributed by atoms with Crippen molar-refractivity contribution < 1.29 is 14.3 Å². The van der Waals surface area contributed by atoms with Crippen molar-refractivity contribution in [1.29, 1.82) is 0 Å². The van der Waals surface area contributed by atoms with Crippen molar-refractivity contribution in [3.8, 4) is 5.75 Å². The molecular formula is C20H23NO3. The monoisotopic (exact) mass is 325 g/mol. The van der Waals surface area contributed by atoms with E-state index in [-0.39, 0.29) is 0 Å². The second kappa shape index (κ2) is 7.51. The first-order valence-electron chi connectivity index (χ1n) is 8.18. The van der Waals surface area contributed by atoms with Crippen LogP contribution in [0, 0.1) is 0 Å². The molecule has 1 aromatic heterocycles. The summed E-state index contributed by atoms with van der Waals surface area (Å²) in [6.45, 7) is 3.39. The quantitative estimate of drug-likeness (QED) is 0.692. The largest absolute Gasteiger partial charge is 0.497 e. The average Bonchev–Trinajstić information content (AvgIpc) is 3.06. The van der Waals surface area contributed by atoms with Crippen LogP contribution in [-0.4, -0.2) is 25.3 Å². The van der Waals surface area contributed by atoms with Gasteiger partial charge in [-0.1, -0.05) is 43.3 Å². The molecule has 0 aliphatic rings. The highest BCUT2D eigenvalue weighted by Crippen LogP contribution is 2.26. The number of benzene rings is 2. The van der Waals surface area contributed by atoms with Gasteiger partial charge in [-0.05, 0) is 23.6 Å². The minimum atomic E-state index is -0.659. The van der Waals surface area contributed by atoms with Gasteiger partial charge in [0.2, 0.25) is 0 Å². The Hall–Kier alpha value is -2.30. The first kappa shape index (κ1) is 16.6. The minimum absolute atomic E-state index is 0.344. The Morgan fingerprint density at radius 3 is 2.58 bits per heavy atom. The molecule has 2 atom stereocenters. The summed E-state index contributed by atoms with van der Waals surface area (Å²) >= 11 is 0. The highest BCUT2D eigenvalue weighted by atomic mass is 16.5. The van der Waals surface area contributed by atoms with E-state index in [1.54, 1.807) is 13.4 Å². The molecule has 0 saturated heterocycles. The number of fused-ring (bicyclic) bond motifs is 1. The van der Waals surface area contributed by atoms with Crippen molar-refractivity contribution in [3.63, 3.8) is 0 Å². The van der Waals surface area contributed by atoms with Gasteiger partial charge in [0.15, 0.2) is 0 Å². The van der Waals surface area contributed by atoms with Crippen LogP contribution in [0.4, 0.5) is 0 Å². The maximum Gasteiger partial charge on any atom is 0.141 e. The van der Waals surface area contributed by atoms with Crippen LogP contribution in [0.2, 0.25) is 0 Å². The smallest absolute Gasteiger partial charge is 0.141 e. The number of ether oxygens (including phenoxy) is 1. The molecule has 0 radical (unpaired) electrons. The standard InChI is InChI=1S/C20H23NO3/c1-14(15-7-9-17(23-2)10-8-15)11-21-12-19(22)20-18-6-4-3-5-16(18)13-24-20/h3-10,13-14,19,21-22H,11-12H2,1-2H3. The van der Waals surface area contributed by atoms with Gasteiger partial charge in [0.1, 0.15) is 17.6 Å². The Morgan fingerprint density at radius 2 is 1.83 bits per heavy atom. The molecule has 0 spiro atoms. The van der Waals surface area contributed by atoms with Crippen LogP contribution in [0.15, 0.2) is 59.2 Å². The highest BCUT2D eigenvalue weighted by Gasteiger charge is 2.15. The fraction of sp³-hybridized carbons (Fsp3) is 0.300. The summed E-state index contributed by atoms with van der Waals surface area (Å²) in [5.41, 5.74) is 1.24. The number of nitrogens with one attached hydrogen (secondary N) is 1. The van der Waals surface area contributed by atoms with E-state index in [1.807, 2.05) is 36.4 Å². The van der Waals surface area contributed by atoms with Crippen LogP contribution in [0.5, 0.6) is 5.75 Å². The van der Waals surface area contributed by atoms with E-state index in [0.29, 0.717) is 18.2 Å². The van der Waals surface area contributed by atoms with Gasteiger partial charge in [-0.2, -0.15) is 0 Å². The third-order valence-electron chi connectivity index (χ3n) is 4.31. The Bertz CT molecular complexity index is 779. The summed E-state index contributed by atoms with van der Waals surface area (Å²) in [6, 6.07) is 15.9. The van der Waals surface area contributed by atoms with Crippen LogP contribution in [0.25, 0.3) is 10.8 Å². The Kier molecular flexibility index (Phi) is 5.18. The molecule has 2 N–H and O–H groups in total. The number of furan rings is 1. The molecule has 0 amide bonds. The normalized spacial score (nSPS) is 13.8. The molecule has 2 aromatic carbocycles. The summed E-state index contributed by atoms with van der Waals surface area (Å²) in [6.07, 6.45) is 1.03. The molecular weight excluding hydrogens is 302 g/mol. The predicted octanol–water partition coefficient (Wildman–Crippen LogP) is 3.87. The highest BCUT2D eigenvalue weighted by molar-refractivity contribution is 5.84. The zero-order valence-electron chi connectivity index (χ0n) is 14.0. The van der Waals surface area contributed by atoms with Gasteiger partial charge in [-0.3, -0.25) is 0 Å². The van der Waals surface area contributed by atoms with Crippen molar-refractivity contribution in [1.82, 2.24) is 5.32 Å². The Morgan fingerprint density at radius 1 is 1.08 bits per heavy atom. The van der Waals surface area contributed by atoms with Crippen LogP contribution in [0.1, 0.15) is 30.3 Å². The zero-order chi connectivity index (χ0) is 16.9. The van der Waals surface area contributed by atoms with E-state index in [2.05, 4.69) is 24.4 Å². The van der Waals surface area contributed by atoms with Gasteiger partial charge in [0.25, 0.3) is 0 Å². The molecule has 1 heterocycles. The topological polar surface area (TPSA) is 54.6 Å². The van der Waals surface area contributed by atoms with Crippen molar-refractivity contribution in [2.75, 3.05) is 20.2 Å². The van der Waals surface area contributed by atoms with Crippen molar-refractivity contribution in [2.24, 2.45) is 0 Å². The first-order chi connectivity index (χ1) is 11.7. The zero-order valence-corrected chi connectivity index (χ0v) is 14.0. The number of hydrogen-bond donors (Lipinski definition) is 2. The van der Waals surface area contributed by atoms with E-state index in [4.69, 9.17) is 9.15 Å². The van der Waals surface area contributed by atoms with Crippen molar-refractivity contribution in [3.05, 3.63) is 66.1 Å². The Balaban J connectivity index is 1.55. The SMILES string of the molecule is COc1ccc(C(C)CNCC(O)c2occ3ccccc23)cc1. The summed E-state index contributed by atoms with van der Waals surface area (Å²) < 4.78 is 10.7. The van der Waals surface area contributed by atoms with E-state index in [0.717, 1.165) is 23.1 Å². The van der Waals surface area contributed by atoms with Crippen molar-refractivity contribution >= 4 is 10.8 Å². The molecule has 0 aliphatic carbocycles. The molecule has 4 nitrogen and oxygen atoms in total. The number of methoxy groups -OCH3 is 1. The van der Waals surface area contributed by atoms with Crippen LogP contribution < -0.4 is 10.1 Å². The van der Waals surface area contributed by atoms with E-state index >= 15 is 0 Å². The summed E-state index contributed by atoms with van der Waals surface area (Å²) in [7, 11) is 1.67. The third kappa shape index (κ3) is 3.61. The van der Waals surface area contributed by atoms with Gasteiger partial charge < -0.3 is 19.6 Å². The van der Waals surface area contributed by atoms with Crippen LogP contribution >= 0.6 is 0 Å².